The molecule has 0 amide bonds. The third-order valence-electron chi connectivity index (χ3n) is 6.75. The predicted molar refractivity (Wildman–Crippen MR) is 122 cm³/mol. The van der Waals surface area contributed by atoms with Crippen LogP contribution in [0.4, 0.5) is 30.7 Å². The molecule has 0 aliphatic carbocycles. The molecule has 0 radical (unpaired) electrons. The topological polar surface area (TPSA) is 176 Å². The number of fused-ring (bicyclic) bond motifs is 3. The zero-order valence-electron chi connectivity index (χ0n) is 22.1. The number of ether oxygens (including phenoxy) is 3. The summed E-state index contributed by atoms with van der Waals surface area (Å²) in [6.45, 7) is 9.18. The summed E-state index contributed by atoms with van der Waals surface area (Å²) in [5, 5.41) is 0. The van der Waals surface area contributed by atoms with Crippen LogP contribution in [0.5, 0.6) is 0 Å². The Labute approximate surface area is 241 Å². The lowest BCUT2D eigenvalue weighted by molar-refractivity contribution is -1.10. The molecule has 0 unspecified atom stereocenters. The number of esters is 2. The number of quaternary nitrogens is 2. The van der Waals surface area contributed by atoms with Gasteiger partial charge in [0.05, 0.1) is 0 Å². The molecule has 4 aliphatic rings. The van der Waals surface area contributed by atoms with Gasteiger partial charge >= 0.3 is 23.0 Å². The third-order valence-corrected chi connectivity index (χ3v) is 8.39. The van der Waals surface area contributed by atoms with E-state index >= 15 is 4.39 Å². The van der Waals surface area contributed by atoms with E-state index in [1.807, 2.05) is 0 Å². The van der Waals surface area contributed by atoms with Crippen molar-refractivity contribution in [1.29, 1.82) is 0 Å². The van der Waals surface area contributed by atoms with E-state index in [1.165, 1.54) is 13.8 Å². The van der Waals surface area contributed by atoms with Crippen molar-refractivity contribution in [2.75, 3.05) is 45.3 Å². The molecule has 0 N–H and O–H groups in total. The average Bonchev–Trinajstić information content (AvgIpc) is 2.82. The first kappa shape index (κ1) is 38.5. The van der Waals surface area contributed by atoms with Gasteiger partial charge in [-0.3, -0.25) is 18.6 Å². The summed E-state index contributed by atoms with van der Waals surface area (Å²) in [5.74, 6) is -1.15. The SMILES string of the molecule is CC(=O)O[C@H]1[C@H](F)[C@@H]([N+]23CC[N+](CCl)(CC2)CC3)O[C@@H](C)[C@H]1OC(C)=O.O=S(=O)([O-])C(F)(F)F.O=S(=O)([O-])C(F)(F)F. The van der Waals surface area contributed by atoms with E-state index in [4.69, 9.17) is 51.8 Å². The summed E-state index contributed by atoms with van der Waals surface area (Å²) in [7, 11) is -12.2. The van der Waals surface area contributed by atoms with Crippen LogP contribution in [0.3, 0.4) is 0 Å². The van der Waals surface area contributed by atoms with Gasteiger partial charge in [-0.2, -0.15) is 26.3 Å². The Balaban J connectivity index is 0.000000454. The van der Waals surface area contributed by atoms with Crippen LogP contribution in [-0.2, 0) is 44.0 Å². The van der Waals surface area contributed by atoms with Gasteiger partial charge in [-0.05, 0) is 6.92 Å². The minimum atomic E-state index is -6.09. The van der Waals surface area contributed by atoms with Crippen LogP contribution in [0.25, 0.3) is 0 Å². The molecule has 0 aromatic carbocycles. The average molecular weight is 693 g/mol. The summed E-state index contributed by atoms with van der Waals surface area (Å²) < 4.78 is 151. The fourth-order valence-electron chi connectivity index (χ4n) is 4.56. The number of carbonyl (C=O) groups excluding carboxylic acids is 2. The van der Waals surface area contributed by atoms with Gasteiger partial charge < -0.3 is 23.3 Å². The zero-order valence-corrected chi connectivity index (χ0v) is 24.5. The molecule has 23 heteroatoms. The summed E-state index contributed by atoms with van der Waals surface area (Å²) in [6.07, 6.45) is -4.97. The molecule has 42 heavy (non-hydrogen) atoms. The van der Waals surface area contributed by atoms with Gasteiger partial charge in [-0.15, -0.1) is 0 Å². The van der Waals surface area contributed by atoms with E-state index in [-0.39, 0.29) is 0 Å². The molecule has 4 rings (SSSR count). The van der Waals surface area contributed by atoms with E-state index < -0.39 is 73.9 Å². The van der Waals surface area contributed by atoms with E-state index in [0.29, 0.717) is 10.5 Å². The van der Waals surface area contributed by atoms with Gasteiger partial charge in [0.2, 0.25) is 12.4 Å². The quantitative estimate of drug-likeness (QED) is 0.0778. The molecule has 2 bridgehead atoms. The second kappa shape index (κ2) is 13.6. The molecule has 4 saturated heterocycles. The molecule has 5 atom stereocenters. The molecule has 0 saturated carbocycles. The number of carbonyl (C=O) groups is 2. The maximum atomic E-state index is 15.5. The molecule has 13 nitrogen and oxygen atoms in total. The van der Waals surface area contributed by atoms with E-state index in [1.54, 1.807) is 6.92 Å². The Hall–Kier alpha value is -1.56. The summed E-state index contributed by atoms with van der Waals surface area (Å²) >= 11 is 6.15. The normalized spacial score (nSPS) is 33.3. The second-order valence-corrected chi connectivity index (χ2v) is 12.6. The highest BCUT2D eigenvalue weighted by Crippen LogP contribution is 2.38. The molecule has 4 fully saturated rings. The lowest BCUT2D eigenvalue weighted by atomic mass is 9.95. The Morgan fingerprint density at radius 1 is 0.833 bits per heavy atom. The number of hydrogen-bond donors (Lipinski definition) is 0. The van der Waals surface area contributed by atoms with Crippen LogP contribution in [0.1, 0.15) is 20.8 Å². The first-order valence-electron chi connectivity index (χ1n) is 11.7. The lowest BCUT2D eigenvalue weighted by Crippen LogP contribution is -2.80. The molecule has 0 spiro atoms. The molecule has 4 aliphatic heterocycles. The number of alkyl halides is 8. The highest BCUT2D eigenvalue weighted by molar-refractivity contribution is 7.86. The van der Waals surface area contributed by atoms with Gasteiger partial charge in [0.15, 0.2) is 38.4 Å². The van der Waals surface area contributed by atoms with Gasteiger partial charge in [-0.25, -0.2) is 21.2 Å². The summed E-state index contributed by atoms with van der Waals surface area (Å²) in [5.41, 5.74) is -11.3. The van der Waals surface area contributed by atoms with Crippen molar-refractivity contribution in [3.05, 3.63) is 0 Å². The van der Waals surface area contributed by atoms with Crippen molar-refractivity contribution < 1.29 is 89.4 Å². The Kier molecular flexibility index (Phi) is 12.5. The van der Waals surface area contributed by atoms with Crippen LogP contribution in [-0.4, -0.2) is 134 Å². The fraction of sp³-hybridized carbons (Fsp3) is 0.895. The maximum Gasteiger partial charge on any atom is 0.485 e. The third kappa shape index (κ3) is 9.72. The van der Waals surface area contributed by atoms with Gasteiger partial charge in [0.25, 0.3) is 0 Å². The van der Waals surface area contributed by atoms with Crippen molar-refractivity contribution in [2.45, 2.75) is 62.5 Å². The van der Waals surface area contributed by atoms with Crippen molar-refractivity contribution >= 4 is 43.8 Å². The van der Waals surface area contributed by atoms with Crippen molar-refractivity contribution in [3.8, 4) is 0 Å². The number of halogens is 8. The molecule has 248 valence electrons. The highest BCUT2D eigenvalue weighted by Gasteiger charge is 2.61. The van der Waals surface area contributed by atoms with Crippen molar-refractivity contribution in [1.82, 2.24) is 0 Å². The first-order valence-corrected chi connectivity index (χ1v) is 15.0. The standard InChI is InChI=1S/C17H28ClFN2O5.2CHF3O3S/c1-11-15(25-12(2)22)16(26-13(3)23)14(19)17(24-11)21-7-4-20(10-18,5-8-21)6-9-21;2*2-1(3,4)8(5,6)7/h11,14-17H,4-10H2,1-3H3;2*(H,5,6,7)/q+2;;/p-2/t11-,14-,15+,16-,17-,20?,21?;;/m0../s1. The highest BCUT2D eigenvalue weighted by atomic mass is 35.5. The number of nitrogens with zero attached hydrogens (tertiary/aromatic N) is 2. The Bertz CT molecular complexity index is 1120. The van der Waals surface area contributed by atoms with Crippen LogP contribution in [0.2, 0.25) is 0 Å². The van der Waals surface area contributed by atoms with Gasteiger partial charge in [-0.1, -0.05) is 11.6 Å². The Morgan fingerprint density at radius 2 is 1.17 bits per heavy atom. The molecule has 0 aromatic heterocycles. The number of rotatable bonds is 4. The number of hydrogen-bond acceptors (Lipinski definition) is 11. The largest absolute Gasteiger partial charge is 0.741 e. The Morgan fingerprint density at radius 3 is 1.45 bits per heavy atom. The first-order chi connectivity index (χ1) is 18.7. The van der Waals surface area contributed by atoms with E-state index in [0.717, 1.165) is 43.8 Å². The fourth-order valence-corrected chi connectivity index (χ4v) is 4.92. The van der Waals surface area contributed by atoms with Crippen molar-refractivity contribution in [3.63, 3.8) is 0 Å². The van der Waals surface area contributed by atoms with Crippen molar-refractivity contribution in [2.24, 2.45) is 0 Å². The minimum absolute atomic E-state index is 0.507. The van der Waals surface area contributed by atoms with Crippen LogP contribution in [0, 0.1) is 0 Å². The predicted octanol–water partition coefficient (Wildman–Crippen LogP) is 0.893. The monoisotopic (exact) mass is 692 g/mol. The van der Waals surface area contributed by atoms with Gasteiger partial charge in [0, 0.05) is 13.8 Å². The summed E-state index contributed by atoms with van der Waals surface area (Å²) in [6, 6.07) is 0.575. The smallest absolute Gasteiger partial charge is 0.485 e. The molecule has 4 heterocycles. The van der Waals surface area contributed by atoms with E-state index in [9.17, 15) is 35.9 Å². The minimum Gasteiger partial charge on any atom is -0.741 e. The maximum absolute atomic E-state index is 15.5. The molecular weight excluding hydrogens is 665 g/mol. The number of piperazine rings is 3. The lowest BCUT2D eigenvalue weighted by Gasteiger charge is -2.59. The zero-order chi connectivity index (χ0) is 33.1. The van der Waals surface area contributed by atoms with Crippen LogP contribution < -0.4 is 0 Å². The van der Waals surface area contributed by atoms with Crippen LogP contribution >= 0.6 is 11.6 Å². The second-order valence-electron chi connectivity index (χ2n) is 9.65. The molecule has 0 aromatic rings. The summed E-state index contributed by atoms with van der Waals surface area (Å²) in [4.78, 5) is 22.9. The molecular formula is C19H28ClF7N2O11S2. The van der Waals surface area contributed by atoms with Crippen LogP contribution in [0.15, 0.2) is 0 Å². The van der Waals surface area contributed by atoms with E-state index in [2.05, 4.69) is 0 Å². The van der Waals surface area contributed by atoms with Gasteiger partial charge in [0.1, 0.15) is 45.4 Å².